The fourth-order valence-corrected chi connectivity index (χ4v) is 6.98. The lowest BCUT2D eigenvalue weighted by Gasteiger charge is -2.25. The van der Waals surface area contributed by atoms with Gasteiger partial charge >= 0.3 is 0 Å². The number of halogens is 1. The van der Waals surface area contributed by atoms with Gasteiger partial charge in [0.2, 0.25) is 0 Å². The van der Waals surface area contributed by atoms with Gasteiger partial charge in [-0.25, -0.2) is 8.42 Å². The summed E-state index contributed by atoms with van der Waals surface area (Å²) in [6.07, 6.45) is 1.38. The van der Waals surface area contributed by atoms with Crippen LogP contribution < -0.4 is 9.21 Å². The van der Waals surface area contributed by atoms with Gasteiger partial charge in [-0.15, -0.1) is 0 Å². The molecular weight excluding hydrogens is 488 g/mol. The molecule has 0 bridgehead atoms. The molecule has 7 heteroatoms. The number of benzene rings is 3. The van der Waals surface area contributed by atoms with Gasteiger partial charge in [-0.1, -0.05) is 34.1 Å². The Labute approximate surface area is 196 Å². The molecule has 0 aromatic heterocycles. The van der Waals surface area contributed by atoms with Gasteiger partial charge in [0.15, 0.2) is 0 Å². The third-order valence-electron chi connectivity index (χ3n) is 6.26. The Morgan fingerprint density at radius 3 is 2.28 bits per heavy atom. The Hall–Kier alpha value is -2.64. The number of hydrogen-bond donors (Lipinski definition) is 0. The topological polar surface area (TPSA) is 57.7 Å². The summed E-state index contributed by atoms with van der Waals surface area (Å²) in [5.74, 6) is -0.0570. The van der Waals surface area contributed by atoms with Gasteiger partial charge in [0, 0.05) is 27.8 Å². The van der Waals surface area contributed by atoms with Crippen LogP contribution in [0.2, 0.25) is 0 Å². The molecule has 1 amide bonds. The van der Waals surface area contributed by atoms with Crippen LogP contribution in [0, 0.1) is 0 Å². The molecule has 0 spiro atoms. The van der Waals surface area contributed by atoms with Crippen molar-refractivity contribution in [1.29, 1.82) is 0 Å². The minimum Gasteiger partial charge on any atom is -0.305 e. The second-order valence-electron chi connectivity index (χ2n) is 8.51. The Morgan fingerprint density at radius 1 is 0.875 bits per heavy atom. The fourth-order valence-electron chi connectivity index (χ4n) is 4.86. The first-order valence-corrected chi connectivity index (χ1v) is 12.8. The lowest BCUT2D eigenvalue weighted by molar-refractivity contribution is 0.0981. The second kappa shape index (κ2) is 7.74. The van der Waals surface area contributed by atoms with Crippen LogP contribution in [-0.2, 0) is 22.9 Å². The highest BCUT2D eigenvalue weighted by Gasteiger charge is 2.37. The molecule has 0 radical (unpaired) electrons. The van der Waals surface area contributed by atoms with Crippen molar-refractivity contribution in [2.24, 2.45) is 0 Å². The van der Waals surface area contributed by atoms with Gasteiger partial charge in [0.1, 0.15) is 0 Å². The fraction of sp³-hybridized carbons (Fsp3) is 0.240. The molecular formula is C25H23BrN2O3S. The molecule has 32 heavy (non-hydrogen) atoms. The van der Waals surface area contributed by atoms with Crippen LogP contribution in [0.1, 0.15) is 35.3 Å². The molecule has 0 unspecified atom stereocenters. The number of hydrogen-bond acceptors (Lipinski definition) is 3. The van der Waals surface area contributed by atoms with Crippen LogP contribution in [-0.4, -0.2) is 26.4 Å². The van der Waals surface area contributed by atoms with Gasteiger partial charge in [0.25, 0.3) is 15.9 Å². The number of sulfonamides is 1. The molecule has 0 saturated heterocycles. The smallest absolute Gasteiger partial charge is 0.264 e. The molecule has 164 valence electrons. The highest BCUT2D eigenvalue weighted by Crippen LogP contribution is 2.39. The second-order valence-corrected chi connectivity index (χ2v) is 11.2. The van der Waals surface area contributed by atoms with Crippen molar-refractivity contribution in [3.05, 3.63) is 87.9 Å². The van der Waals surface area contributed by atoms with E-state index in [4.69, 9.17) is 0 Å². The monoisotopic (exact) mass is 510 g/mol. The van der Waals surface area contributed by atoms with Crippen LogP contribution in [0.25, 0.3) is 0 Å². The molecule has 0 aliphatic carbocycles. The van der Waals surface area contributed by atoms with E-state index in [1.165, 1.54) is 4.31 Å². The quantitative estimate of drug-likeness (QED) is 0.487. The number of rotatable bonds is 3. The minimum absolute atomic E-state index is 0.0570. The van der Waals surface area contributed by atoms with Crippen molar-refractivity contribution >= 4 is 43.2 Å². The predicted molar refractivity (Wildman–Crippen MR) is 130 cm³/mol. The van der Waals surface area contributed by atoms with Crippen molar-refractivity contribution < 1.29 is 13.2 Å². The summed E-state index contributed by atoms with van der Waals surface area (Å²) in [5, 5.41) is 0. The van der Waals surface area contributed by atoms with E-state index in [1.54, 1.807) is 42.5 Å². The SMILES string of the molecule is C[C@@H]1Cc2cc(Br)ccc2N1C(=O)c1ccc2c(c1)C[C@H](C)N2S(=O)(=O)c1ccccc1. The minimum atomic E-state index is -3.67. The number of nitrogens with zero attached hydrogens (tertiary/aromatic N) is 2. The summed E-state index contributed by atoms with van der Waals surface area (Å²) in [6, 6.07) is 19.7. The molecule has 3 aromatic rings. The van der Waals surface area contributed by atoms with Gasteiger partial charge in [0.05, 0.1) is 10.6 Å². The summed E-state index contributed by atoms with van der Waals surface area (Å²) >= 11 is 3.51. The van der Waals surface area contributed by atoms with E-state index < -0.39 is 10.0 Å². The molecule has 5 nitrogen and oxygen atoms in total. The van der Waals surface area contributed by atoms with Crippen molar-refractivity contribution in [2.45, 2.75) is 43.7 Å². The maximum atomic E-state index is 13.5. The highest BCUT2D eigenvalue weighted by atomic mass is 79.9. The van der Waals surface area contributed by atoms with Gasteiger partial charge in [-0.05, 0) is 86.3 Å². The van der Waals surface area contributed by atoms with Crippen LogP contribution in [0.4, 0.5) is 11.4 Å². The largest absolute Gasteiger partial charge is 0.305 e. The van der Waals surface area contributed by atoms with E-state index in [0.29, 0.717) is 17.7 Å². The van der Waals surface area contributed by atoms with Crippen LogP contribution in [0.5, 0.6) is 0 Å². The van der Waals surface area contributed by atoms with Crippen LogP contribution >= 0.6 is 15.9 Å². The first-order valence-electron chi connectivity index (χ1n) is 10.6. The molecule has 2 aliphatic rings. The Kier molecular flexibility index (Phi) is 5.13. The molecule has 0 saturated carbocycles. The molecule has 2 atom stereocenters. The van der Waals surface area contributed by atoms with Crippen molar-refractivity contribution in [2.75, 3.05) is 9.21 Å². The predicted octanol–water partition coefficient (Wildman–Crippen LogP) is 5.18. The van der Waals surface area contributed by atoms with E-state index >= 15 is 0 Å². The lowest BCUT2D eigenvalue weighted by Crippen LogP contribution is -2.36. The Bertz CT molecular complexity index is 1320. The maximum absolute atomic E-state index is 13.5. The summed E-state index contributed by atoms with van der Waals surface area (Å²) in [5.41, 5.74) is 4.20. The van der Waals surface area contributed by atoms with E-state index in [0.717, 1.165) is 27.7 Å². The zero-order valence-corrected chi connectivity index (χ0v) is 20.2. The van der Waals surface area contributed by atoms with E-state index in [9.17, 15) is 13.2 Å². The Balaban J connectivity index is 1.50. The number of carbonyl (C=O) groups excluding carboxylic acids is 1. The van der Waals surface area contributed by atoms with Crippen molar-refractivity contribution in [3.63, 3.8) is 0 Å². The summed E-state index contributed by atoms with van der Waals surface area (Å²) < 4.78 is 29.1. The first-order chi connectivity index (χ1) is 15.3. The summed E-state index contributed by atoms with van der Waals surface area (Å²) in [7, 11) is -3.67. The van der Waals surface area contributed by atoms with E-state index in [1.807, 2.05) is 30.0 Å². The molecule has 0 fully saturated rings. The number of amides is 1. The zero-order chi connectivity index (χ0) is 22.6. The Morgan fingerprint density at radius 2 is 1.53 bits per heavy atom. The lowest BCUT2D eigenvalue weighted by atomic mass is 10.1. The van der Waals surface area contributed by atoms with Crippen LogP contribution in [0.15, 0.2) is 76.1 Å². The molecule has 0 N–H and O–H groups in total. The maximum Gasteiger partial charge on any atom is 0.264 e. The molecule has 3 aromatic carbocycles. The van der Waals surface area contributed by atoms with Crippen LogP contribution in [0.3, 0.4) is 0 Å². The number of carbonyl (C=O) groups is 1. The van der Waals surface area contributed by atoms with E-state index in [-0.39, 0.29) is 22.9 Å². The van der Waals surface area contributed by atoms with Gasteiger partial charge in [-0.3, -0.25) is 9.10 Å². The standard InChI is InChI=1S/C25H23BrN2O3S/c1-16-12-20-15-21(26)9-11-23(20)27(16)25(29)18-8-10-24-19(14-18)13-17(2)28(24)32(30,31)22-6-4-3-5-7-22/h3-11,14-17H,12-13H2,1-2H3/t16-,17+/m1/s1. The van der Waals surface area contributed by atoms with E-state index in [2.05, 4.69) is 28.9 Å². The third-order valence-corrected chi connectivity index (χ3v) is 8.69. The molecule has 2 heterocycles. The molecule has 5 rings (SSSR count). The normalized spacial score (nSPS) is 19.7. The van der Waals surface area contributed by atoms with Gasteiger partial charge in [-0.2, -0.15) is 0 Å². The highest BCUT2D eigenvalue weighted by molar-refractivity contribution is 9.10. The first kappa shape index (κ1) is 21.2. The average Bonchev–Trinajstić information content (AvgIpc) is 3.28. The van der Waals surface area contributed by atoms with Gasteiger partial charge < -0.3 is 4.90 Å². The molecule has 2 aliphatic heterocycles. The van der Waals surface area contributed by atoms with Crippen molar-refractivity contribution in [3.8, 4) is 0 Å². The number of anilines is 2. The third kappa shape index (κ3) is 3.35. The average molecular weight is 511 g/mol. The van der Waals surface area contributed by atoms with Crippen molar-refractivity contribution in [1.82, 2.24) is 0 Å². The summed E-state index contributed by atoms with van der Waals surface area (Å²) in [6.45, 7) is 3.95. The zero-order valence-electron chi connectivity index (χ0n) is 17.8. The number of fused-ring (bicyclic) bond motifs is 2. The summed E-state index contributed by atoms with van der Waals surface area (Å²) in [4.78, 5) is 15.6.